The average molecular weight is 326 g/mol. The number of benzene rings is 1. The fourth-order valence-electron chi connectivity index (χ4n) is 3.51. The lowest BCUT2D eigenvalue weighted by molar-refractivity contribution is -0.385. The number of amides is 1. The molecule has 1 aromatic rings. The van der Waals surface area contributed by atoms with Gasteiger partial charge in [0, 0.05) is 35.8 Å². The molecule has 1 N–H and O–H groups in total. The normalized spacial score (nSPS) is 23.6. The van der Waals surface area contributed by atoms with Crippen molar-refractivity contribution in [1.29, 1.82) is 0 Å². The Hall–Kier alpha value is -1.66. The number of nitro groups is 1. The Bertz CT molecular complexity index is 579. The van der Waals surface area contributed by atoms with E-state index in [1.165, 1.54) is 6.07 Å². The van der Waals surface area contributed by atoms with Crippen LogP contribution in [-0.2, 0) is 0 Å². The molecule has 2 aliphatic rings. The number of hydrogen-bond donors (Lipinski definition) is 1. The van der Waals surface area contributed by atoms with Gasteiger partial charge >= 0.3 is 0 Å². The van der Waals surface area contributed by atoms with Crippen molar-refractivity contribution in [2.24, 2.45) is 0 Å². The molecule has 2 aliphatic heterocycles. The molecule has 3 rings (SSSR count). The van der Waals surface area contributed by atoms with Gasteiger partial charge in [0.1, 0.15) is 0 Å². The molecule has 1 aromatic carbocycles. The van der Waals surface area contributed by atoms with Crippen LogP contribution in [0.25, 0.3) is 0 Å². The van der Waals surface area contributed by atoms with Gasteiger partial charge in [0.2, 0.25) is 0 Å². The third-order valence-corrected chi connectivity index (χ3v) is 4.62. The number of fused-ring (bicyclic) bond motifs is 2. The minimum Gasteiger partial charge on any atom is -0.331 e. The molecule has 0 saturated carbocycles. The molecule has 0 radical (unpaired) electrons. The van der Waals surface area contributed by atoms with Crippen molar-refractivity contribution in [3.63, 3.8) is 0 Å². The highest BCUT2D eigenvalue weighted by atomic mass is 35.5. The lowest BCUT2D eigenvalue weighted by Gasteiger charge is -2.28. The van der Waals surface area contributed by atoms with E-state index in [9.17, 15) is 14.9 Å². The van der Waals surface area contributed by atoms with E-state index < -0.39 is 4.92 Å². The topological polar surface area (TPSA) is 75.5 Å². The van der Waals surface area contributed by atoms with Crippen LogP contribution < -0.4 is 5.32 Å². The third kappa shape index (κ3) is 2.80. The Kier molecular flexibility index (Phi) is 5.03. The van der Waals surface area contributed by atoms with E-state index in [1.807, 2.05) is 4.90 Å². The van der Waals surface area contributed by atoms with E-state index >= 15 is 0 Å². The number of halogens is 1. The number of rotatable bonds is 2. The van der Waals surface area contributed by atoms with Crippen LogP contribution in [0.3, 0.4) is 0 Å². The Morgan fingerprint density at radius 3 is 2.77 bits per heavy atom. The van der Waals surface area contributed by atoms with Crippen LogP contribution in [-0.4, -0.2) is 40.9 Å². The molecule has 2 fully saturated rings. The lowest BCUT2D eigenvalue weighted by atomic mass is 10.0. The van der Waals surface area contributed by atoms with Crippen molar-refractivity contribution in [1.82, 2.24) is 10.2 Å². The molecule has 2 heterocycles. The molecule has 22 heavy (non-hydrogen) atoms. The first-order chi connectivity index (χ1) is 10.1. The van der Waals surface area contributed by atoms with Gasteiger partial charge in [-0.1, -0.05) is 6.07 Å². The molecular formula is C15H20ClN3O3. The zero-order valence-corrected chi connectivity index (χ0v) is 13.3. The third-order valence-electron chi connectivity index (χ3n) is 4.62. The van der Waals surface area contributed by atoms with Gasteiger partial charge in [0.15, 0.2) is 0 Å². The summed E-state index contributed by atoms with van der Waals surface area (Å²) in [5.41, 5.74) is 0.938. The van der Waals surface area contributed by atoms with Gasteiger partial charge in [-0.2, -0.15) is 0 Å². The minimum atomic E-state index is -0.426. The van der Waals surface area contributed by atoms with E-state index in [-0.39, 0.29) is 36.1 Å². The van der Waals surface area contributed by atoms with Gasteiger partial charge in [0.25, 0.3) is 11.6 Å². The summed E-state index contributed by atoms with van der Waals surface area (Å²) in [5.74, 6) is -0.0626. The maximum atomic E-state index is 12.9. The van der Waals surface area contributed by atoms with Gasteiger partial charge < -0.3 is 10.2 Å². The number of nitrogens with zero attached hydrogens (tertiary/aromatic N) is 2. The zero-order chi connectivity index (χ0) is 15.0. The van der Waals surface area contributed by atoms with Crippen molar-refractivity contribution in [2.75, 3.05) is 13.1 Å². The molecule has 2 atom stereocenters. The van der Waals surface area contributed by atoms with Crippen LogP contribution in [0, 0.1) is 17.0 Å². The summed E-state index contributed by atoms with van der Waals surface area (Å²) in [5, 5.41) is 14.4. The van der Waals surface area contributed by atoms with Gasteiger partial charge in [-0.15, -0.1) is 12.4 Å². The predicted molar refractivity (Wildman–Crippen MR) is 85.5 cm³/mol. The van der Waals surface area contributed by atoms with Crippen LogP contribution in [0.2, 0.25) is 0 Å². The zero-order valence-electron chi connectivity index (χ0n) is 12.4. The number of nitro benzene ring substituents is 1. The molecule has 0 aliphatic carbocycles. The van der Waals surface area contributed by atoms with E-state index in [4.69, 9.17) is 0 Å². The molecule has 0 spiro atoms. The van der Waals surface area contributed by atoms with Crippen LogP contribution >= 0.6 is 12.4 Å². The fourth-order valence-corrected chi connectivity index (χ4v) is 3.51. The van der Waals surface area contributed by atoms with Crippen LogP contribution in [0.5, 0.6) is 0 Å². The molecular weight excluding hydrogens is 306 g/mol. The maximum Gasteiger partial charge on any atom is 0.273 e. The highest BCUT2D eigenvalue weighted by molar-refractivity contribution is 5.97. The monoisotopic (exact) mass is 325 g/mol. The smallest absolute Gasteiger partial charge is 0.273 e. The standard InChI is InChI=1S/C15H19N3O3.ClH/c1-10-13(3-2-4-14(10)18(20)21)15(19)17-11-5-6-12(17)9-16-8-7-11;/h2-4,11-12,16H,5-9H2,1H3;1H. The summed E-state index contributed by atoms with van der Waals surface area (Å²) in [6, 6.07) is 5.21. The van der Waals surface area contributed by atoms with Gasteiger partial charge in [-0.05, 0) is 38.8 Å². The van der Waals surface area contributed by atoms with Crippen molar-refractivity contribution in [3.8, 4) is 0 Å². The minimum absolute atomic E-state index is 0. The van der Waals surface area contributed by atoms with Crippen LogP contribution in [0.4, 0.5) is 5.69 Å². The van der Waals surface area contributed by atoms with E-state index in [0.29, 0.717) is 11.1 Å². The summed E-state index contributed by atoms with van der Waals surface area (Å²) in [7, 11) is 0. The van der Waals surface area contributed by atoms with Crippen LogP contribution in [0.1, 0.15) is 35.2 Å². The first-order valence-corrected chi connectivity index (χ1v) is 7.37. The Morgan fingerprint density at radius 2 is 2.05 bits per heavy atom. The number of nitrogens with one attached hydrogen (secondary N) is 1. The summed E-state index contributed by atoms with van der Waals surface area (Å²) in [4.78, 5) is 25.4. The summed E-state index contributed by atoms with van der Waals surface area (Å²) in [6.45, 7) is 3.40. The van der Waals surface area contributed by atoms with Gasteiger partial charge in [0.05, 0.1) is 4.92 Å². The Morgan fingerprint density at radius 1 is 1.32 bits per heavy atom. The predicted octanol–water partition coefficient (Wildman–Crippen LogP) is 2.29. The van der Waals surface area contributed by atoms with Crippen molar-refractivity contribution >= 4 is 24.0 Å². The van der Waals surface area contributed by atoms with Crippen molar-refractivity contribution < 1.29 is 9.72 Å². The summed E-state index contributed by atoms with van der Waals surface area (Å²) >= 11 is 0. The molecule has 120 valence electrons. The number of carbonyl (C=O) groups excluding carboxylic acids is 1. The average Bonchev–Trinajstić information content (AvgIpc) is 2.71. The van der Waals surface area contributed by atoms with Crippen molar-refractivity contribution in [2.45, 2.75) is 38.3 Å². The van der Waals surface area contributed by atoms with E-state index in [2.05, 4.69) is 5.32 Å². The van der Waals surface area contributed by atoms with Crippen LogP contribution in [0.15, 0.2) is 18.2 Å². The molecule has 0 aromatic heterocycles. The Balaban J connectivity index is 0.00000176. The van der Waals surface area contributed by atoms with Crippen molar-refractivity contribution in [3.05, 3.63) is 39.4 Å². The second kappa shape index (κ2) is 6.62. The molecule has 2 unspecified atom stereocenters. The molecule has 2 saturated heterocycles. The Labute approximate surface area is 135 Å². The molecule has 7 heteroatoms. The highest BCUT2D eigenvalue weighted by Gasteiger charge is 2.39. The molecule has 1 amide bonds. The number of hydrogen-bond acceptors (Lipinski definition) is 4. The van der Waals surface area contributed by atoms with E-state index in [0.717, 1.165) is 32.4 Å². The first-order valence-electron chi connectivity index (χ1n) is 7.37. The second-order valence-electron chi connectivity index (χ2n) is 5.80. The lowest BCUT2D eigenvalue weighted by Crippen LogP contribution is -2.42. The maximum absolute atomic E-state index is 12.9. The SMILES string of the molecule is Cc1c(C(=O)N2C3CCNCC2CC3)cccc1[N+](=O)[O-].Cl. The first kappa shape index (κ1) is 16.7. The number of carbonyl (C=O) groups is 1. The van der Waals surface area contributed by atoms with Gasteiger partial charge in [-0.25, -0.2) is 0 Å². The highest BCUT2D eigenvalue weighted by Crippen LogP contribution is 2.31. The quantitative estimate of drug-likeness (QED) is 0.668. The largest absolute Gasteiger partial charge is 0.331 e. The summed E-state index contributed by atoms with van der Waals surface area (Å²) < 4.78 is 0. The van der Waals surface area contributed by atoms with E-state index in [1.54, 1.807) is 19.1 Å². The second-order valence-corrected chi connectivity index (χ2v) is 5.80. The molecule has 2 bridgehead atoms. The molecule has 6 nitrogen and oxygen atoms in total. The fraction of sp³-hybridized carbons (Fsp3) is 0.533. The summed E-state index contributed by atoms with van der Waals surface area (Å²) in [6.07, 6.45) is 3.00. The van der Waals surface area contributed by atoms with Gasteiger partial charge in [-0.3, -0.25) is 14.9 Å².